The van der Waals surface area contributed by atoms with Crippen LogP contribution < -0.4 is 10.1 Å². The lowest BCUT2D eigenvalue weighted by molar-refractivity contribution is 0.273. The smallest absolute Gasteiger partial charge is 0.119 e. The van der Waals surface area contributed by atoms with Crippen LogP contribution in [0.2, 0.25) is 0 Å². The first-order chi connectivity index (χ1) is 7.33. The Kier molecular flexibility index (Phi) is 5.86. The summed E-state index contributed by atoms with van der Waals surface area (Å²) in [6.07, 6.45) is 2.47. The molecule has 2 heteroatoms. The van der Waals surface area contributed by atoms with E-state index in [1.807, 2.05) is 30.3 Å². The van der Waals surface area contributed by atoms with Gasteiger partial charge in [0.2, 0.25) is 0 Å². The minimum Gasteiger partial charge on any atom is -0.492 e. The van der Waals surface area contributed by atoms with E-state index in [1.165, 1.54) is 12.8 Å². The zero-order valence-electron chi connectivity index (χ0n) is 9.70. The molecule has 1 aromatic carbocycles. The van der Waals surface area contributed by atoms with E-state index in [1.54, 1.807) is 0 Å². The first-order valence-corrected chi connectivity index (χ1v) is 5.74. The molecule has 0 aromatic heterocycles. The highest BCUT2D eigenvalue weighted by Gasteiger charge is 2.00. The van der Waals surface area contributed by atoms with Crippen LogP contribution in [0.3, 0.4) is 0 Å². The van der Waals surface area contributed by atoms with Crippen molar-refractivity contribution < 1.29 is 4.74 Å². The van der Waals surface area contributed by atoms with Crippen molar-refractivity contribution in [3.63, 3.8) is 0 Å². The molecule has 0 heterocycles. The maximum Gasteiger partial charge on any atom is 0.119 e. The summed E-state index contributed by atoms with van der Waals surface area (Å²) in [5.74, 6) is 0.946. The van der Waals surface area contributed by atoms with Gasteiger partial charge in [-0.1, -0.05) is 31.5 Å². The van der Waals surface area contributed by atoms with Gasteiger partial charge in [-0.15, -0.1) is 0 Å². The average Bonchev–Trinajstić information content (AvgIpc) is 2.28. The molecule has 0 aliphatic carbocycles. The summed E-state index contributed by atoms with van der Waals surface area (Å²) in [5.41, 5.74) is 0. The van der Waals surface area contributed by atoms with Crippen LogP contribution in [0.4, 0.5) is 0 Å². The highest BCUT2D eigenvalue weighted by Crippen LogP contribution is 2.08. The second kappa shape index (κ2) is 7.30. The summed E-state index contributed by atoms with van der Waals surface area (Å²) >= 11 is 0. The second-order valence-corrected chi connectivity index (χ2v) is 3.83. The van der Waals surface area contributed by atoms with Crippen LogP contribution in [-0.2, 0) is 0 Å². The zero-order chi connectivity index (χ0) is 10.9. The quantitative estimate of drug-likeness (QED) is 0.694. The molecule has 0 aliphatic heterocycles. The van der Waals surface area contributed by atoms with Crippen molar-refractivity contribution in [3.05, 3.63) is 30.3 Å². The largest absolute Gasteiger partial charge is 0.492 e. The number of unbranched alkanes of at least 4 members (excludes halogenated alkanes) is 1. The van der Waals surface area contributed by atoms with Crippen LogP contribution in [0.25, 0.3) is 0 Å². The van der Waals surface area contributed by atoms with Gasteiger partial charge in [0, 0.05) is 6.04 Å². The molecule has 84 valence electrons. The zero-order valence-corrected chi connectivity index (χ0v) is 9.70. The summed E-state index contributed by atoms with van der Waals surface area (Å²) < 4.78 is 5.64. The van der Waals surface area contributed by atoms with Crippen LogP contribution >= 0.6 is 0 Å². The van der Waals surface area contributed by atoms with E-state index in [-0.39, 0.29) is 0 Å². The monoisotopic (exact) mass is 207 g/mol. The number of para-hydroxylation sites is 1. The summed E-state index contributed by atoms with van der Waals surface area (Å²) in [7, 11) is 0. The molecule has 15 heavy (non-hydrogen) atoms. The average molecular weight is 207 g/mol. The van der Waals surface area contributed by atoms with Crippen LogP contribution in [0.15, 0.2) is 30.3 Å². The second-order valence-electron chi connectivity index (χ2n) is 3.83. The van der Waals surface area contributed by atoms with E-state index in [0.717, 1.165) is 18.9 Å². The van der Waals surface area contributed by atoms with Crippen molar-refractivity contribution in [2.45, 2.75) is 32.7 Å². The Morgan fingerprint density at radius 1 is 1.27 bits per heavy atom. The summed E-state index contributed by atoms with van der Waals surface area (Å²) in [6, 6.07) is 10.4. The topological polar surface area (TPSA) is 21.3 Å². The Morgan fingerprint density at radius 3 is 2.67 bits per heavy atom. The van der Waals surface area contributed by atoms with Gasteiger partial charge in [-0.2, -0.15) is 0 Å². The van der Waals surface area contributed by atoms with Crippen LogP contribution in [0, 0.1) is 0 Å². The van der Waals surface area contributed by atoms with E-state index in [2.05, 4.69) is 19.2 Å². The minimum absolute atomic E-state index is 0.414. The molecule has 0 fully saturated rings. The fraction of sp³-hybridized carbons (Fsp3) is 0.538. The number of ether oxygens (including phenoxy) is 1. The molecule has 1 unspecified atom stereocenters. The predicted octanol–water partition coefficient (Wildman–Crippen LogP) is 2.84. The molecule has 0 saturated carbocycles. The number of nitrogens with one attached hydrogen (secondary N) is 1. The van der Waals surface area contributed by atoms with Gasteiger partial charge in [0.05, 0.1) is 0 Å². The molecule has 0 spiro atoms. The van der Waals surface area contributed by atoms with Gasteiger partial charge < -0.3 is 10.1 Å². The van der Waals surface area contributed by atoms with Crippen LogP contribution in [0.1, 0.15) is 26.7 Å². The first-order valence-electron chi connectivity index (χ1n) is 5.74. The Balaban J connectivity index is 2.14. The lowest BCUT2D eigenvalue weighted by Crippen LogP contribution is -2.32. The Bertz CT molecular complexity index is 248. The SMILES string of the molecule is CCCCNC(C)COc1ccccc1. The maximum absolute atomic E-state index is 5.64. The third-order valence-electron chi connectivity index (χ3n) is 2.27. The number of hydrogen-bond donors (Lipinski definition) is 1. The fourth-order valence-electron chi connectivity index (χ4n) is 1.32. The van der Waals surface area contributed by atoms with E-state index < -0.39 is 0 Å². The van der Waals surface area contributed by atoms with Gasteiger partial charge in [-0.05, 0) is 32.0 Å². The normalized spacial score (nSPS) is 12.4. The summed E-state index contributed by atoms with van der Waals surface area (Å²) in [5, 5.41) is 3.43. The molecule has 0 bridgehead atoms. The fourth-order valence-corrected chi connectivity index (χ4v) is 1.32. The lowest BCUT2D eigenvalue weighted by atomic mass is 10.3. The maximum atomic E-state index is 5.64. The van der Waals surface area contributed by atoms with E-state index >= 15 is 0 Å². The molecular formula is C13H21NO. The molecular weight excluding hydrogens is 186 g/mol. The van der Waals surface area contributed by atoms with Gasteiger partial charge in [-0.25, -0.2) is 0 Å². The first kappa shape index (κ1) is 12.1. The van der Waals surface area contributed by atoms with Crippen LogP contribution in [-0.4, -0.2) is 19.2 Å². The minimum atomic E-state index is 0.414. The Hall–Kier alpha value is -1.02. The van der Waals surface area contributed by atoms with Crippen LogP contribution in [0.5, 0.6) is 5.75 Å². The van der Waals surface area contributed by atoms with Crippen molar-refractivity contribution in [3.8, 4) is 5.75 Å². The molecule has 0 amide bonds. The summed E-state index contributed by atoms with van der Waals surface area (Å²) in [6.45, 7) is 6.16. The van der Waals surface area contributed by atoms with Crippen molar-refractivity contribution in [2.24, 2.45) is 0 Å². The van der Waals surface area contributed by atoms with Gasteiger partial charge in [0.25, 0.3) is 0 Å². The van der Waals surface area contributed by atoms with Crippen molar-refractivity contribution in [1.29, 1.82) is 0 Å². The third-order valence-corrected chi connectivity index (χ3v) is 2.27. The van der Waals surface area contributed by atoms with Gasteiger partial charge in [0.1, 0.15) is 12.4 Å². The van der Waals surface area contributed by atoms with Crippen molar-refractivity contribution in [1.82, 2.24) is 5.32 Å². The number of rotatable bonds is 7. The molecule has 1 aromatic rings. The highest BCUT2D eigenvalue weighted by atomic mass is 16.5. The van der Waals surface area contributed by atoms with Crippen molar-refractivity contribution >= 4 is 0 Å². The molecule has 1 atom stereocenters. The molecule has 1 rings (SSSR count). The summed E-state index contributed by atoms with van der Waals surface area (Å²) in [4.78, 5) is 0. The van der Waals surface area contributed by atoms with Gasteiger partial charge >= 0.3 is 0 Å². The molecule has 0 saturated heterocycles. The lowest BCUT2D eigenvalue weighted by Gasteiger charge is -2.14. The Labute approximate surface area is 92.6 Å². The molecule has 1 N–H and O–H groups in total. The number of hydrogen-bond acceptors (Lipinski definition) is 2. The standard InChI is InChI=1S/C13H21NO/c1-3-4-10-14-12(2)11-15-13-8-6-5-7-9-13/h5-9,12,14H,3-4,10-11H2,1-2H3. The predicted molar refractivity (Wildman–Crippen MR) is 64.3 cm³/mol. The molecule has 0 radical (unpaired) electrons. The van der Waals surface area contributed by atoms with Gasteiger partial charge in [-0.3, -0.25) is 0 Å². The van der Waals surface area contributed by atoms with Gasteiger partial charge in [0.15, 0.2) is 0 Å². The molecule has 2 nitrogen and oxygen atoms in total. The van der Waals surface area contributed by atoms with E-state index in [0.29, 0.717) is 6.04 Å². The number of benzene rings is 1. The molecule has 0 aliphatic rings. The third kappa shape index (κ3) is 5.43. The van der Waals surface area contributed by atoms with Crippen molar-refractivity contribution in [2.75, 3.05) is 13.2 Å². The van der Waals surface area contributed by atoms with E-state index in [4.69, 9.17) is 4.74 Å². The van der Waals surface area contributed by atoms with E-state index in [9.17, 15) is 0 Å². The highest BCUT2D eigenvalue weighted by molar-refractivity contribution is 5.20. The Morgan fingerprint density at radius 2 is 2.00 bits per heavy atom.